The largest absolute Gasteiger partial charge is 0.357 e. The van der Waals surface area contributed by atoms with Crippen molar-refractivity contribution in [2.75, 3.05) is 5.32 Å². The molecule has 0 bridgehead atoms. The fraction of sp³-hybridized carbons (Fsp3) is 0.231. The summed E-state index contributed by atoms with van der Waals surface area (Å²) in [4.78, 5) is 0. The Balaban J connectivity index is 1.90. The van der Waals surface area contributed by atoms with Gasteiger partial charge in [0.15, 0.2) is 5.11 Å². The normalized spacial score (nSPS) is 10.2. The average Bonchev–Trinajstić information content (AvgIpc) is 2.86. The summed E-state index contributed by atoms with van der Waals surface area (Å²) in [5.41, 5.74) is 1.89. The van der Waals surface area contributed by atoms with E-state index in [1.165, 1.54) is 0 Å². The molecule has 0 spiro atoms. The topological polar surface area (TPSA) is 41.9 Å². The molecule has 0 aliphatic rings. The van der Waals surface area contributed by atoms with E-state index in [1.807, 2.05) is 35.0 Å². The molecule has 1 aromatic heterocycles. The van der Waals surface area contributed by atoms with Gasteiger partial charge in [-0.2, -0.15) is 5.10 Å². The van der Waals surface area contributed by atoms with Gasteiger partial charge in [0.05, 0.1) is 22.9 Å². The molecule has 6 heteroatoms. The van der Waals surface area contributed by atoms with Crippen LogP contribution in [-0.4, -0.2) is 14.9 Å². The van der Waals surface area contributed by atoms with Gasteiger partial charge in [0.2, 0.25) is 0 Å². The summed E-state index contributed by atoms with van der Waals surface area (Å²) >= 11 is 11.3. The summed E-state index contributed by atoms with van der Waals surface area (Å²) in [5.74, 6) is 0. The summed E-state index contributed by atoms with van der Waals surface area (Å²) in [5, 5.41) is 11.6. The number of aryl methyl sites for hydroxylation is 1. The second-order valence-corrected chi connectivity index (χ2v) is 4.74. The number of hydrogen-bond donors (Lipinski definition) is 2. The molecule has 0 aliphatic carbocycles. The molecule has 1 heterocycles. The van der Waals surface area contributed by atoms with E-state index in [1.54, 1.807) is 6.20 Å². The second kappa shape index (κ2) is 6.54. The SMILES string of the molecule is CCn1nccc1CNC(=S)Nc1ccccc1Cl. The highest BCUT2D eigenvalue weighted by Crippen LogP contribution is 2.20. The van der Waals surface area contributed by atoms with Crippen LogP contribution in [0.1, 0.15) is 12.6 Å². The number of benzene rings is 1. The van der Waals surface area contributed by atoms with Crippen LogP contribution in [0, 0.1) is 0 Å². The van der Waals surface area contributed by atoms with Crippen molar-refractivity contribution in [3.63, 3.8) is 0 Å². The van der Waals surface area contributed by atoms with E-state index in [0.717, 1.165) is 17.9 Å². The molecule has 0 radical (unpaired) electrons. The van der Waals surface area contributed by atoms with Gasteiger partial charge in [-0.05, 0) is 37.3 Å². The quantitative estimate of drug-likeness (QED) is 0.851. The molecule has 0 atom stereocenters. The van der Waals surface area contributed by atoms with E-state index in [4.69, 9.17) is 23.8 Å². The highest BCUT2D eigenvalue weighted by Gasteiger charge is 2.04. The molecule has 1 aromatic carbocycles. The predicted octanol–water partition coefficient (Wildman–Crippen LogP) is 3.04. The number of thiocarbonyl (C=S) groups is 1. The molecular weight excluding hydrogens is 280 g/mol. The Hall–Kier alpha value is -1.59. The lowest BCUT2D eigenvalue weighted by Gasteiger charge is -2.12. The van der Waals surface area contributed by atoms with Gasteiger partial charge >= 0.3 is 0 Å². The van der Waals surface area contributed by atoms with Crippen LogP contribution in [0.4, 0.5) is 5.69 Å². The third-order valence-electron chi connectivity index (χ3n) is 2.66. The molecule has 2 rings (SSSR count). The average molecular weight is 295 g/mol. The zero-order chi connectivity index (χ0) is 13.7. The van der Waals surface area contributed by atoms with Crippen LogP contribution >= 0.6 is 23.8 Å². The number of rotatable bonds is 4. The summed E-state index contributed by atoms with van der Waals surface area (Å²) < 4.78 is 1.92. The second-order valence-electron chi connectivity index (χ2n) is 3.93. The molecule has 100 valence electrons. The molecule has 2 aromatic rings. The van der Waals surface area contributed by atoms with E-state index in [0.29, 0.717) is 16.7 Å². The molecule has 2 N–H and O–H groups in total. The Morgan fingerprint density at radius 2 is 2.16 bits per heavy atom. The zero-order valence-corrected chi connectivity index (χ0v) is 12.1. The van der Waals surface area contributed by atoms with Crippen LogP contribution in [0.5, 0.6) is 0 Å². The smallest absolute Gasteiger partial charge is 0.171 e. The third kappa shape index (κ3) is 3.68. The van der Waals surface area contributed by atoms with E-state index in [2.05, 4.69) is 22.7 Å². The van der Waals surface area contributed by atoms with Crippen LogP contribution in [-0.2, 0) is 13.1 Å². The maximum Gasteiger partial charge on any atom is 0.171 e. The molecule has 0 fully saturated rings. The van der Waals surface area contributed by atoms with Crippen molar-refractivity contribution in [3.8, 4) is 0 Å². The first-order valence-electron chi connectivity index (χ1n) is 6.00. The van der Waals surface area contributed by atoms with Crippen molar-refractivity contribution >= 4 is 34.6 Å². The predicted molar refractivity (Wildman–Crippen MR) is 82.4 cm³/mol. The lowest BCUT2D eigenvalue weighted by Crippen LogP contribution is -2.29. The number of nitrogens with zero attached hydrogens (tertiary/aromatic N) is 2. The van der Waals surface area contributed by atoms with Crippen molar-refractivity contribution in [3.05, 3.63) is 47.2 Å². The molecular formula is C13H15ClN4S. The standard InChI is InChI=1S/C13H15ClN4S/c1-2-18-10(7-8-16-18)9-15-13(19)17-12-6-4-3-5-11(12)14/h3-8H,2,9H2,1H3,(H2,15,17,19). The van der Waals surface area contributed by atoms with Crippen LogP contribution in [0.2, 0.25) is 5.02 Å². The first-order valence-corrected chi connectivity index (χ1v) is 6.79. The fourth-order valence-corrected chi connectivity index (χ4v) is 2.06. The maximum atomic E-state index is 6.05. The van der Waals surface area contributed by atoms with E-state index < -0.39 is 0 Å². The number of halogens is 1. The number of para-hydroxylation sites is 1. The third-order valence-corrected chi connectivity index (χ3v) is 3.23. The molecule has 0 saturated carbocycles. The van der Waals surface area contributed by atoms with E-state index >= 15 is 0 Å². The summed E-state index contributed by atoms with van der Waals surface area (Å²) in [6.07, 6.45) is 1.78. The Kier molecular flexibility index (Phi) is 4.76. The fourth-order valence-electron chi connectivity index (χ4n) is 1.69. The van der Waals surface area contributed by atoms with Crippen LogP contribution in [0.3, 0.4) is 0 Å². The highest BCUT2D eigenvalue weighted by atomic mass is 35.5. The summed E-state index contributed by atoms with van der Waals surface area (Å²) in [6.45, 7) is 3.52. The van der Waals surface area contributed by atoms with Crippen LogP contribution in [0.25, 0.3) is 0 Å². The van der Waals surface area contributed by atoms with Crippen molar-refractivity contribution in [2.24, 2.45) is 0 Å². The van der Waals surface area contributed by atoms with Gasteiger partial charge in [-0.1, -0.05) is 23.7 Å². The molecule has 0 unspecified atom stereocenters. The lowest BCUT2D eigenvalue weighted by atomic mass is 10.3. The van der Waals surface area contributed by atoms with Gasteiger partial charge < -0.3 is 10.6 Å². The Labute approximate surface area is 122 Å². The number of anilines is 1. The van der Waals surface area contributed by atoms with Gasteiger partial charge in [-0.25, -0.2) is 0 Å². The summed E-state index contributed by atoms with van der Waals surface area (Å²) in [7, 11) is 0. The van der Waals surface area contributed by atoms with Gasteiger partial charge in [0, 0.05) is 12.7 Å². The van der Waals surface area contributed by atoms with Gasteiger partial charge in [0.1, 0.15) is 0 Å². The first-order chi connectivity index (χ1) is 9.20. The van der Waals surface area contributed by atoms with E-state index in [9.17, 15) is 0 Å². The van der Waals surface area contributed by atoms with E-state index in [-0.39, 0.29) is 0 Å². The lowest BCUT2D eigenvalue weighted by molar-refractivity contribution is 0.614. The molecule has 0 amide bonds. The zero-order valence-electron chi connectivity index (χ0n) is 10.6. The Morgan fingerprint density at radius 3 is 2.89 bits per heavy atom. The minimum absolute atomic E-state index is 0.539. The van der Waals surface area contributed by atoms with Crippen molar-refractivity contribution in [2.45, 2.75) is 20.0 Å². The van der Waals surface area contributed by atoms with Gasteiger partial charge in [-0.15, -0.1) is 0 Å². The monoisotopic (exact) mass is 294 g/mol. The molecule has 0 saturated heterocycles. The molecule has 19 heavy (non-hydrogen) atoms. The first kappa shape index (κ1) is 13.8. The maximum absolute atomic E-state index is 6.05. The minimum atomic E-state index is 0.539. The number of aromatic nitrogens is 2. The Bertz CT molecular complexity index is 567. The van der Waals surface area contributed by atoms with Crippen molar-refractivity contribution < 1.29 is 0 Å². The van der Waals surface area contributed by atoms with Crippen molar-refractivity contribution in [1.82, 2.24) is 15.1 Å². The molecule has 0 aliphatic heterocycles. The highest BCUT2D eigenvalue weighted by molar-refractivity contribution is 7.80. The van der Waals surface area contributed by atoms with Gasteiger partial charge in [-0.3, -0.25) is 4.68 Å². The minimum Gasteiger partial charge on any atom is -0.357 e. The van der Waals surface area contributed by atoms with Crippen LogP contribution < -0.4 is 10.6 Å². The number of hydrogen-bond acceptors (Lipinski definition) is 2. The Morgan fingerprint density at radius 1 is 1.37 bits per heavy atom. The van der Waals surface area contributed by atoms with Crippen molar-refractivity contribution in [1.29, 1.82) is 0 Å². The number of nitrogens with one attached hydrogen (secondary N) is 2. The summed E-state index contributed by atoms with van der Waals surface area (Å²) in [6, 6.07) is 9.45. The van der Waals surface area contributed by atoms with Gasteiger partial charge in [0.25, 0.3) is 0 Å². The molecule has 4 nitrogen and oxygen atoms in total. The van der Waals surface area contributed by atoms with Crippen LogP contribution in [0.15, 0.2) is 36.5 Å².